The summed E-state index contributed by atoms with van der Waals surface area (Å²) in [5.41, 5.74) is 0.0119. The second-order valence-electron chi connectivity index (χ2n) is 7.46. The third-order valence-corrected chi connectivity index (χ3v) is 5.97. The van der Waals surface area contributed by atoms with E-state index in [0.717, 1.165) is 11.6 Å². The molecule has 0 spiro atoms. The fourth-order valence-electron chi connectivity index (χ4n) is 3.97. The lowest BCUT2D eigenvalue weighted by molar-refractivity contribution is -0.387. The molecular weight excluding hydrogens is 400 g/mol. The van der Waals surface area contributed by atoms with E-state index < -0.39 is 33.0 Å². The summed E-state index contributed by atoms with van der Waals surface area (Å²) in [7, 11) is 0. The first kappa shape index (κ1) is 19.4. The first-order chi connectivity index (χ1) is 13.5. The number of carbonyl (C=O) groups excluding carboxylic acids is 2. The van der Waals surface area contributed by atoms with Crippen molar-refractivity contribution in [2.45, 2.75) is 37.4 Å². The van der Waals surface area contributed by atoms with Gasteiger partial charge in [-0.25, -0.2) is 0 Å². The number of Topliss-reactive ketones (excluding diaryl/α,β-unsaturated/α-hetero) is 1. The summed E-state index contributed by atoms with van der Waals surface area (Å²) >= 11 is 6.71. The molecule has 0 bridgehead atoms. The van der Waals surface area contributed by atoms with E-state index in [-0.39, 0.29) is 34.0 Å². The Morgan fingerprint density at radius 1 is 1.31 bits per heavy atom. The highest BCUT2D eigenvalue weighted by atomic mass is 35.5. The fourth-order valence-corrected chi connectivity index (χ4v) is 4.35. The van der Waals surface area contributed by atoms with E-state index in [2.05, 4.69) is 5.32 Å². The van der Waals surface area contributed by atoms with Crippen molar-refractivity contribution in [1.29, 1.82) is 0 Å². The highest BCUT2D eigenvalue weighted by Gasteiger charge is 2.73. The number of ketones is 1. The number of rotatable bonds is 3. The fraction of sp³-hybridized carbons (Fsp3) is 0.300. The first-order valence-corrected chi connectivity index (χ1v) is 9.29. The van der Waals surface area contributed by atoms with Crippen molar-refractivity contribution < 1.29 is 24.4 Å². The number of hydrogen-bond donors (Lipinski definition) is 2. The molecule has 29 heavy (non-hydrogen) atoms. The standard InChI is InChI=1S/C20H17ClN2O6/c1-9(2)11-4-5-12-15(8-11)29-20(26)17-14(23(27)28)7-6-13(22-10(3)24)16(17)18(25)19(12,20)21/h4-9,26H,1-3H3,(H,22,24). The van der Waals surface area contributed by atoms with Gasteiger partial charge in [-0.1, -0.05) is 37.6 Å². The van der Waals surface area contributed by atoms with Crippen LogP contribution in [0.3, 0.4) is 0 Å². The minimum Gasteiger partial charge on any atom is -0.455 e. The van der Waals surface area contributed by atoms with Crippen molar-refractivity contribution in [1.82, 2.24) is 0 Å². The van der Waals surface area contributed by atoms with Crippen molar-refractivity contribution in [3.8, 4) is 5.75 Å². The second kappa shape index (κ2) is 6.01. The summed E-state index contributed by atoms with van der Waals surface area (Å²) in [5.74, 6) is -3.42. The highest BCUT2D eigenvalue weighted by molar-refractivity contribution is 6.42. The number of nitro benzene ring substituents is 1. The van der Waals surface area contributed by atoms with Crippen LogP contribution in [-0.2, 0) is 15.5 Å². The second-order valence-corrected chi connectivity index (χ2v) is 8.03. The SMILES string of the molecule is CC(=O)Nc1ccc([N+](=O)[O-])c2c1C(=O)C1(Cl)c3ccc(C(C)C)cc3OC21O. The molecule has 0 saturated heterocycles. The minimum atomic E-state index is -2.49. The number of hydrogen-bond acceptors (Lipinski definition) is 6. The molecular formula is C20H17ClN2O6. The predicted molar refractivity (Wildman–Crippen MR) is 104 cm³/mol. The number of nitro groups is 1. The van der Waals surface area contributed by atoms with E-state index >= 15 is 0 Å². The van der Waals surface area contributed by atoms with Crippen LogP contribution in [0, 0.1) is 10.1 Å². The Balaban J connectivity index is 2.01. The van der Waals surface area contributed by atoms with E-state index in [1.54, 1.807) is 18.2 Å². The molecule has 2 aliphatic rings. The molecule has 1 heterocycles. The minimum absolute atomic E-state index is 0.0231. The number of aliphatic hydroxyl groups is 1. The molecule has 9 heteroatoms. The summed E-state index contributed by atoms with van der Waals surface area (Å²) in [5, 5.41) is 25.6. The summed E-state index contributed by atoms with van der Waals surface area (Å²) in [6, 6.07) is 7.36. The molecule has 150 valence electrons. The lowest BCUT2D eigenvalue weighted by Crippen LogP contribution is -2.44. The molecule has 4 rings (SSSR count). The number of alkyl halides is 1. The van der Waals surface area contributed by atoms with Gasteiger partial charge < -0.3 is 15.2 Å². The lowest BCUT2D eigenvalue weighted by Gasteiger charge is -2.27. The van der Waals surface area contributed by atoms with E-state index in [0.29, 0.717) is 0 Å². The van der Waals surface area contributed by atoms with E-state index in [1.807, 2.05) is 13.8 Å². The van der Waals surface area contributed by atoms with Crippen molar-refractivity contribution in [3.63, 3.8) is 0 Å². The van der Waals surface area contributed by atoms with Gasteiger partial charge in [0.25, 0.3) is 11.5 Å². The number of benzene rings is 2. The summed E-state index contributed by atoms with van der Waals surface area (Å²) in [6.45, 7) is 5.17. The molecule has 8 nitrogen and oxygen atoms in total. The number of fused-ring (bicyclic) bond motifs is 5. The molecule has 2 atom stereocenters. The maximum absolute atomic E-state index is 13.4. The zero-order chi connectivity index (χ0) is 21.3. The average Bonchev–Trinajstić information content (AvgIpc) is 2.97. The zero-order valence-electron chi connectivity index (χ0n) is 15.8. The van der Waals surface area contributed by atoms with Gasteiger partial charge in [0, 0.05) is 18.6 Å². The normalized spacial score (nSPS) is 24.0. The molecule has 1 aliphatic carbocycles. The Kier molecular flexibility index (Phi) is 4.01. The van der Waals surface area contributed by atoms with Crippen LogP contribution in [0.5, 0.6) is 5.75 Å². The van der Waals surface area contributed by atoms with Gasteiger partial charge >= 0.3 is 0 Å². The number of anilines is 1. The Hall–Kier alpha value is -2.97. The van der Waals surface area contributed by atoms with Gasteiger partial charge in [-0.3, -0.25) is 19.7 Å². The van der Waals surface area contributed by atoms with Crippen molar-refractivity contribution in [2.24, 2.45) is 0 Å². The smallest absolute Gasteiger partial charge is 0.280 e. The van der Waals surface area contributed by atoms with Crippen LogP contribution in [0.2, 0.25) is 0 Å². The van der Waals surface area contributed by atoms with Crippen LogP contribution < -0.4 is 10.1 Å². The maximum Gasteiger partial charge on any atom is 0.280 e. The number of nitrogens with one attached hydrogen (secondary N) is 1. The monoisotopic (exact) mass is 416 g/mol. The van der Waals surface area contributed by atoms with Crippen LogP contribution in [0.1, 0.15) is 53.7 Å². The van der Waals surface area contributed by atoms with Gasteiger partial charge in [0.15, 0.2) is 5.78 Å². The van der Waals surface area contributed by atoms with Crippen molar-refractivity contribution >= 4 is 34.7 Å². The molecule has 0 radical (unpaired) electrons. The van der Waals surface area contributed by atoms with Gasteiger partial charge in [-0.15, -0.1) is 0 Å². The van der Waals surface area contributed by atoms with Crippen LogP contribution in [-0.4, -0.2) is 21.7 Å². The van der Waals surface area contributed by atoms with Gasteiger partial charge in [0.05, 0.1) is 16.2 Å². The third-order valence-electron chi connectivity index (χ3n) is 5.34. The van der Waals surface area contributed by atoms with E-state index in [1.165, 1.54) is 13.0 Å². The van der Waals surface area contributed by atoms with Crippen LogP contribution in [0.25, 0.3) is 0 Å². The first-order valence-electron chi connectivity index (χ1n) is 8.91. The highest BCUT2D eigenvalue weighted by Crippen LogP contribution is 2.64. The number of ether oxygens (including phenoxy) is 1. The quantitative estimate of drug-likeness (QED) is 0.448. The summed E-state index contributed by atoms with van der Waals surface area (Å²) in [6.07, 6.45) is 0. The molecule has 2 aromatic carbocycles. The predicted octanol–water partition coefficient (Wildman–Crippen LogP) is 3.54. The molecule has 1 aliphatic heterocycles. The van der Waals surface area contributed by atoms with Crippen LogP contribution in [0.15, 0.2) is 30.3 Å². The third kappa shape index (κ3) is 2.36. The number of amides is 1. The van der Waals surface area contributed by atoms with E-state index in [9.17, 15) is 24.8 Å². The molecule has 1 amide bonds. The Bertz CT molecular complexity index is 1110. The van der Waals surface area contributed by atoms with Gasteiger partial charge in [-0.05, 0) is 23.6 Å². The van der Waals surface area contributed by atoms with Crippen LogP contribution in [0.4, 0.5) is 11.4 Å². The maximum atomic E-state index is 13.4. The summed E-state index contributed by atoms with van der Waals surface area (Å²) < 4.78 is 5.75. The number of carbonyl (C=O) groups is 2. The number of halogens is 1. The van der Waals surface area contributed by atoms with Gasteiger partial charge in [0.2, 0.25) is 10.8 Å². The molecule has 2 N–H and O–H groups in total. The average molecular weight is 417 g/mol. The molecule has 0 aromatic heterocycles. The Morgan fingerprint density at radius 2 is 2.00 bits per heavy atom. The molecule has 2 unspecified atom stereocenters. The summed E-state index contributed by atoms with van der Waals surface area (Å²) in [4.78, 5) is 33.8. The number of nitrogens with zero attached hydrogens (tertiary/aromatic N) is 1. The van der Waals surface area contributed by atoms with Gasteiger partial charge in [-0.2, -0.15) is 0 Å². The molecule has 2 aromatic rings. The Morgan fingerprint density at radius 3 is 2.59 bits per heavy atom. The Labute approximate surface area is 170 Å². The van der Waals surface area contributed by atoms with Gasteiger partial charge in [0.1, 0.15) is 11.3 Å². The lowest BCUT2D eigenvalue weighted by atomic mass is 9.89. The zero-order valence-corrected chi connectivity index (χ0v) is 16.5. The topological polar surface area (TPSA) is 119 Å². The molecule has 0 saturated carbocycles. The van der Waals surface area contributed by atoms with Crippen molar-refractivity contribution in [2.75, 3.05) is 5.32 Å². The molecule has 0 fully saturated rings. The largest absolute Gasteiger partial charge is 0.455 e. The van der Waals surface area contributed by atoms with Crippen molar-refractivity contribution in [3.05, 3.63) is 62.7 Å². The van der Waals surface area contributed by atoms with Crippen LogP contribution >= 0.6 is 11.6 Å². The van der Waals surface area contributed by atoms with E-state index in [4.69, 9.17) is 16.3 Å².